The zero-order valence-electron chi connectivity index (χ0n) is 8.47. The summed E-state index contributed by atoms with van der Waals surface area (Å²) in [5, 5.41) is 0. The van der Waals surface area contributed by atoms with Crippen molar-refractivity contribution in [3.8, 4) is 0 Å². The van der Waals surface area contributed by atoms with E-state index in [9.17, 15) is 9.59 Å². The smallest absolute Gasteiger partial charge is 0.314 e. The first-order chi connectivity index (χ1) is 7.18. The average molecular weight is 204 g/mol. The van der Waals surface area contributed by atoms with E-state index in [0.29, 0.717) is 6.42 Å². The van der Waals surface area contributed by atoms with Crippen molar-refractivity contribution in [2.24, 2.45) is 0 Å². The fourth-order valence-corrected chi connectivity index (χ4v) is 1.79. The molecule has 0 amide bonds. The van der Waals surface area contributed by atoms with Gasteiger partial charge in [0, 0.05) is 6.42 Å². The van der Waals surface area contributed by atoms with Crippen LogP contribution in [-0.2, 0) is 14.3 Å². The summed E-state index contributed by atoms with van der Waals surface area (Å²) >= 11 is 0. The number of ketones is 1. The molecule has 0 spiro atoms. The first kappa shape index (κ1) is 9.90. The van der Waals surface area contributed by atoms with E-state index in [0.717, 1.165) is 5.56 Å². The first-order valence-electron chi connectivity index (χ1n) is 4.94. The highest BCUT2D eigenvalue weighted by atomic mass is 16.6. The van der Waals surface area contributed by atoms with Gasteiger partial charge in [-0.15, -0.1) is 0 Å². The van der Waals surface area contributed by atoms with Gasteiger partial charge in [-0.3, -0.25) is 9.59 Å². The van der Waals surface area contributed by atoms with E-state index in [1.165, 1.54) is 6.92 Å². The SMILES string of the molecule is CC(=O)[C@H]1C[C@@H](c2ccccc2)C(=O)O1. The lowest BCUT2D eigenvalue weighted by Crippen LogP contribution is -2.16. The Morgan fingerprint density at radius 3 is 2.53 bits per heavy atom. The van der Waals surface area contributed by atoms with Gasteiger partial charge in [0.25, 0.3) is 0 Å². The van der Waals surface area contributed by atoms with Crippen LogP contribution in [0.2, 0.25) is 0 Å². The Bertz CT molecular complexity index is 383. The molecule has 1 fully saturated rings. The molecule has 1 aromatic carbocycles. The number of esters is 1. The van der Waals surface area contributed by atoms with Gasteiger partial charge in [0.1, 0.15) is 0 Å². The van der Waals surface area contributed by atoms with E-state index in [1.54, 1.807) is 0 Å². The molecule has 1 heterocycles. The third-order valence-corrected chi connectivity index (χ3v) is 2.65. The molecular formula is C12H12O3. The summed E-state index contributed by atoms with van der Waals surface area (Å²) in [6.45, 7) is 1.45. The number of benzene rings is 1. The number of ether oxygens (including phenoxy) is 1. The van der Waals surface area contributed by atoms with Crippen LogP contribution >= 0.6 is 0 Å². The summed E-state index contributed by atoms with van der Waals surface area (Å²) < 4.78 is 5.00. The van der Waals surface area contributed by atoms with Crippen LogP contribution in [0.3, 0.4) is 0 Å². The number of rotatable bonds is 2. The van der Waals surface area contributed by atoms with E-state index in [2.05, 4.69) is 0 Å². The van der Waals surface area contributed by atoms with Gasteiger partial charge in [0.2, 0.25) is 0 Å². The normalized spacial score (nSPS) is 25.0. The minimum absolute atomic E-state index is 0.0817. The van der Waals surface area contributed by atoms with Crippen molar-refractivity contribution in [1.29, 1.82) is 0 Å². The van der Waals surface area contributed by atoms with Gasteiger partial charge >= 0.3 is 5.97 Å². The topological polar surface area (TPSA) is 43.4 Å². The Balaban J connectivity index is 2.19. The van der Waals surface area contributed by atoms with Crippen molar-refractivity contribution >= 4 is 11.8 Å². The van der Waals surface area contributed by atoms with Crippen LogP contribution < -0.4 is 0 Å². The molecule has 1 aliphatic rings. The number of Topliss-reactive ketones (excluding diaryl/α,β-unsaturated/α-hetero) is 1. The molecule has 78 valence electrons. The molecule has 2 atom stereocenters. The van der Waals surface area contributed by atoms with Gasteiger partial charge < -0.3 is 4.74 Å². The Morgan fingerprint density at radius 2 is 2.00 bits per heavy atom. The number of cyclic esters (lactones) is 1. The standard InChI is InChI=1S/C12H12O3/c1-8(13)11-7-10(12(14)15-11)9-5-3-2-4-6-9/h2-6,10-11H,7H2,1H3/t10-,11+/m0/s1. The van der Waals surface area contributed by atoms with Crippen molar-refractivity contribution in [2.75, 3.05) is 0 Å². The van der Waals surface area contributed by atoms with E-state index < -0.39 is 6.10 Å². The molecule has 0 N–H and O–H groups in total. The Morgan fingerprint density at radius 1 is 1.33 bits per heavy atom. The largest absolute Gasteiger partial charge is 0.454 e. The second-order valence-electron chi connectivity index (χ2n) is 3.74. The second kappa shape index (κ2) is 3.85. The van der Waals surface area contributed by atoms with Gasteiger partial charge in [0.05, 0.1) is 5.92 Å². The molecule has 3 nitrogen and oxygen atoms in total. The van der Waals surface area contributed by atoms with Crippen LogP contribution in [-0.4, -0.2) is 17.9 Å². The molecule has 0 bridgehead atoms. The third kappa shape index (κ3) is 1.91. The lowest BCUT2D eigenvalue weighted by atomic mass is 9.95. The number of carbonyl (C=O) groups excluding carboxylic acids is 2. The van der Waals surface area contributed by atoms with Crippen molar-refractivity contribution in [3.05, 3.63) is 35.9 Å². The fraction of sp³-hybridized carbons (Fsp3) is 0.333. The van der Waals surface area contributed by atoms with Crippen molar-refractivity contribution in [2.45, 2.75) is 25.4 Å². The summed E-state index contributed by atoms with van der Waals surface area (Å²) in [6, 6.07) is 9.42. The molecule has 0 aliphatic carbocycles. The molecule has 1 aromatic rings. The van der Waals surface area contributed by atoms with E-state index in [-0.39, 0.29) is 17.7 Å². The monoisotopic (exact) mass is 204 g/mol. The molecule has 2 rings (SSSR count). The summed E-state index contributed by atoms with van der Waals surface area (Å²) in [6.07, 6.45) is -0.0826. The minimum atomic E-state index is -0.553. The molecule has 1 saturated heterocycles. The quantitative estimate of drug-likeness (QED) is 0.688. The van der Waals surface area contributed by atoms with Gasteiger partial charge in [-0.05, 0) is 12.5 Å². The van der Waals surface area contributed by atoms with Crippen LogP contribution in [0.25, 0.3) is 0 Å². The number of hydrogen-bond donors (Lipinski definition) is 0. The number of hydrogen-bond acceptors (Lipinski definition) is 3. The molecule has 0 radical (unpaired) electrons. The third-order valence-electron chi connectivity index (χ3n) is 2.65. The van der Waals surface area contributed by atoms with Crippen LogP contribution in [0, 0.1) is 0 Å². The lowest BCUT2D eigenvalue weighted by Gasteiger charge is -2.04. The maximum atomic E-state index is 11.5. The summed E-state index contributed by atoms with van der Waals surface area (Å²) in [7, 11) is 0. The minimum Gasteiger partial charge on any atom is -0.454 e. The first-order valence-corrected chi connectivity index (χ1v) is 4.94. The molecule has 0 saturated carbocycles. The van der Waals surface area contributed by atoms with Crippen molar-refractivity contribution in [3.63, 3.8) is 0 Å². The van der Waals surface area contributed by atoms with Crippen LogP contribution in [0.5, 0.6) is 0 Å². The van der Waals surface area contributed by atoms with E-state index >= 15 is 0 Å². The Kier molecular flexibility index (Phi) is 2.54. The highest BCUT2D eigenvalue weighted by Gasteiger charge is 2.37. The van der Waals surface area contributed by atoms with E-state index in [1.807, 2.05) is 30.3 Å². The van der Waals surface area contributed by atoms with Gasteiger partial charge in [-0.25, -0.2) is 0 Å². The van der Waals surface area contributed by atoms with Crippen LogP contribution in [0.4, 0.5) is 0 Å². The van der Waals surface area contributed by atoms with Gasteiger partial charge in [0.15, 0.2) is 11.9 Å². The van der Waals surface area contributed by atoms with Gasteiger partial charge in [-0.2, -0.15) is 0 Å². The number of carbonyl (C=O) groups is 2. The molecule has 0 unspecified atom stereocenters. The van der Waals surface area contributed by atoms with E-state index in [4.69, 9.17) is 4.74 Å². The summed E-state index contributed by atoms with van der Waals surface area (Å²) in [5.41, 5.74) is 0.922. The van der Waals surface area contributed by atoms with Crippen LogP contribution in [0.15, 0.2) is 30.3 Å². The highest BCUT2D eigenvalue weighted by molar-refractivity contribution is 5.89. The molecule has 0 aromatic heterocycles. The molecule has 3 heteroatoms. The van der Waals surface area contributed by atoms with Gasteiger partial charge in [-0.1, -0.05) is 30.3 Å². The average Bonchev–Trinajstić information content (AvgIpc) is 2.62. The molecule has 1 aliphatic heterocycles. The Hall–Kier alpha value is -1.64. The van der Waals surface area contributed by atoms with Crippen molar-refractivity contribution < 1.29 is 14.3 Å². The maximum Gasteiger partial charge on any atom is 0.314 e. The molecular weight excluding hydrogens is 192 g/mol. The predicted molar refractivity (Wildman–Crippen MR) is 54.4 cm³/mol. The predicted octanol–water partition coefficient (Wildman–Crippen LogP) is 1.67. The highest BCUT2D eigenvalue weighted by Crippen LogP contribution is 2.30. The second-order valence-corrected chi connectivity index (χ2v) is 3.74. The van der Waals surface area contributed by atoms with Crippen molar-refractivity contribution in [1.82, 2.24) is 0 Å². The van der Waals surface area contributed by atoms with Crippen LogP contribution in [0.1, 0.15) is 24.8 Å². The zero-order chi connectivity index (χ0) is 10.8. The Labute approximate surface area is 88.1 Å². The molecule has 15 heavy (non-hydrogen) atoms. The summed E-state index contributed by atoms with van der Waals surface area (Å²) in [4.78, 5) is 22.6. The zero-order valence-corrected chi connectivity index (χ0v) is 8.47. The maximum absolute atomic E-state index is 11.5. The fourth-order valence-electron chi connectivity index (χ4n) is 1.79. The summed E-state index contributed by atoms with van der Waals surface area (Å²) in [5.74, 6) is -0.650. The lowest BCUT2D eigenvalue weighted by molar-refractivity contribution is -0.147.